The maximum Gasteiger partial charge on any atom is 0.336 e. The monoisotopic (exact) mass is 403 g/mol. The van der Waals surface area contributed by atoms with Gasteiger partial charge in [-0.1, -0.05) is 33.6 Å². The van der Waals surface area contributed by atoms with E-state index in [1.165, 1.54) is 6.07 Å². The van der Waals surface area contributed by atoms with Crippen LogP contribution in [0, 0.1) is 12.8 Å². The lowest BCUT2D eigenvalue weighted by molar-refractivity contribution is -0.144. The van der Waals surface area contributed by atoms with Gasteiger partial charge in [0.15, 0.2) is 6.10 Å². The Morgan fingerprint density at radius 1 is 1.24 bits per heavy atom. The molecule has 29 heavy (non-hydrogen) atoms. The molecule has 0 aliphatic heterocycles. The largest absolute Gasteiger partial charge is 0.480 e. The highest BCUT2D eigenvalue weighted by Gasteiger charge is 2.28. The number of benzene rings is 1. The summed E-state index contributed by atoms with van der Waals surface area (Å²) in [4.78, 5) is 35.8. The van der Waals surface area contributed by atoms with Crippen molar-refractivity contribution in [1.29, 1.82) is 0 Å². The summed E-state index contributed by atoms with van der Waals surface area (Å²) >= 11 is 0. The molecule has 7 nitrogen and oxygen atoms in total. The molecule has 1 heterocycles. The van der Waals surface area contributed by atoms with Crippen LogP contribution in [0.25, 0.3) is 11.0 Å². The first-order chi connectivity index (χ1) is 13.7. The van der Waals surface area contributed by atoms with Crippen LogP contribution >= 0.6 is 0 Å². The Bertz CT molecular complexity index is 948. The van der Waals surface area contributed by atoms with Gasteiger partial charge in [-0.25, -0.2) is 9.59 Å². The normalized spacial score (nSPS) is 14.2. The van der Waals surface area contributed by atoms with Gasteiger partial charge in [0.25, 0.3) is 5.91 Å². The molecule has 3 atom stereocenters. The Labute approximate surface area is 170 Å². The molecule has 2 aromatic rings. The van der Waals surface area contributed by atoms with Crippen LogP contribution in [0.15, 0.2) is 27.4 Å². The fourth-order valence-electron chi connectivity index (χ4n) is 3.21. The van der Waals surface area contributed by atoms with Crippen LogP contribution in [-0.4, -0.2) is 29.1 Å². The van der Waals surface area contributed by atoms with Gasteiger partial charge in [0.2, 0.25) is 0 Å². The lowest BCUT2D eigenvalue weighted by atomic mass is 9.99. The van der Waals surface area contributed by atoms with Gasteiger partial charge in [-0.3, -0.25) is 4.79 Å². The minimum Gasteiger partial charge on any atom is -0.480 e. The summed E-state index contributed by atoms with van der Waals surface area (Å²) in [5, 5.41) is 12.7. The van der Waals surface area contributed by atoms with Gasteiger partial charge in [-0.05, 0) is 43.9 Å². The fraction of sp³-hybridized carbons (Fsp3) is 0.500. The molecule has 0 saturated carbocycles. The van der Waals surface area contributed by atoms with E-state index < -0.39 is 29.6 Å². The number of amides is 1. The molecule has 1 aromatic heterocycles. The van der Waals surface area contributed by atoms with Crippen molar-refractivity contribution in [3.8, 4) is 5.75 Å². The van der Waals surface area contributed by atoms with E-state index in [0.29, 0.717) is 23.3 Å². The predicted molar refractivity (Wildman–Crippen MR) is 110 cm³/mol. The van der Waals surface area contributed by atoms with Crippen molar-refractivity contribution >= 4 is 22.8 Å². The first-order valence-electron chi connectivity index (χ1n) is 9.95. The van der Waals surface area contributed by atoms with Gasteiger partial charge in [-0.15, -0.1) is 0 Å². The van der Waals surface area contributed by atoms with Crippen LogP contribution in [-0.2, 0) is 16.0 Å². The molecule has 0 aliphatic rings. The molecule has 0 spiro atoms. The highest BCUT2D eigenvalue weighted by molar-refractivity contribution is 5.87. The second-order valence-corrected chi connectivity index (χ2v) is 7.38. The number of fused-ring (bicyclic) bond motifs is 1. The number of hydrogen-bond donors (Lipinski definition) is 2. The van der Waals surface area contributed by atoms with E-state index in [-0.39, 0.29) is 5.92 Å². The molecule has 1 aromatic carbocycles. The second-order valence-electron chi connectivity index (χ2n) is 7.38. The Kier molecular flexibility index (Phi) is 7.42. The summed E-state index contributed by atoms with van der Waals surface area (Å²) < 4.78 is 11.2. The molecule has 0 radical (unpaired) electrons. The minimum absolute atomic E-state index is 0.211. The molecule has 2 N–H and O–H groups in total. The maximum absolute atomic E-state index is 12.5. The van der Waals surface area contributed by atoms with Crippen molar-refractivity contribution in [2.75, 3.05) is 0 Å². The van der Waals surface area contributed by atoms with Crippen LogP contribution < -0.4 is 15.7 Å². The number of ether oxygens (including phenoxy) is 1. The van der Waals surface area contributed by atoms with Crippen LogP contribution in [0.3, 0.4) is 0 Å². The average Bonchev–Trinajstić information content (AvgIpc) is 2.67. The molecular weight excluding hydrogens is 374 g/mol. The van der Waals surface area contributed by atoms with Crippen LogP contribution in [0.1, 0.15) is 51.7 Å². The number of carboxylic acids is 1. The fourth-order valence-corrected chi connectivity index (χ4v) is 3.21. The summed E-state index contributed by atoms with van der Waals surface area (Å²) in [7, 11) is 0. The molecule has 0 saturated heterocycles. The average molecular weight is 403 g/mol. The third-order valence-electron chi connectivity index (χ3n) is 5.17. The van der Waals surface area contributed by atoms with Crippen molar-refractivity contribution in [3.63, 3.8) is 0 Å². The van der Waals surface area contributed by atoms with Crippen molar-refractivity contribution in [2.24, 2.45) is 5.92 Å². The van der Waals surface area contributed by atoms with Crippen molar-refractivity contribution in [3.05, 3.63) is 39.7 Å². The molecule has 7 heteroatoms. The van der Waals surface area contributed by atoms with Gasteiger partial charge >= 0.3 is 11.6 Å². The highest BCUT2D eigenvalue weighted by Crippen LogP contribution is 2.29. The second kappa shape index (κ2) is 9.58. The Balaban J connectivity index is 2.27. The van der Waals surface area contributed by atoms with E-state index in [1.807, 2.05) is 19.9 Å². The summed E-state index contributed by atoms with van der Waals surface area (Å²) in [5.41, 5.74) is 1.55. The minimum atomic E-state index is -1.08. The summed E-state index contributed by atoms with van der Waals surface area (Å²) in [5.74, 6) is -1.39. The number of carbonyl (C=O) groups is 2. The van der Waals surface area contributed by atoms with Gasteiger partial charge < -0.3 is 19.6 Å². The topological polar surface area (TPSA) is 106 Å². The van der Waals surface area contributed by atoms with Gasteiger partial charge in [-0.2, -0.15) is 0 Å². The number of carboxylic acid groups (broad SMARTS) is 1. The molecule has 0 aliphatic carbocycles. The van der Waals surface area contributed by atoms with Crippen molar-refractivity contribution in [1.82, 2.24) is 5.32 Å². The number of aryl methyl sites for hydroxylation is 2. The Hall–Kier alpha value is -2.83. The highest BCUT2D eigenvalue weighted by atomic mass is 16.5. The number of nitrogens with one attached hydrogen (secondary N) is 1. The van der Waals surface area contributed by atoms with Crippen LogP contribution in [0.4, 0.5) is 0 Å². The van der Waals surface area contributed by atoms with Crippen LogP contribution in [0.5, 0.6) is 5.75 Å². The third-order valence-corrected chi connectivity index (χ3v) is 5.17. The molecule has 0 unspecified atom stereocenters. The summed E-state index contributed by atoms with van der Waals surface area (Å²) in [6.07, 6.45) is 1.36. The van der Waals surface area contributed by atoms with Gasteiger partial charge in [0.1, 0.15) is 17.4 Å². The number of aliphatic carboxylic acids is 1. The first kappa shape index (κ1) is 22.5. The van der Waals surface area contributed by atoms with E-state index >= 15 is 0 Å². The molecule has 0 bridgehead atoms. The smallest absolute Gasteiger partial charge is 0.336 e. The standard InChI is InChI=1S/C22H29NO6/c1-6-8-15-11-18(24)29-20-13(4)17(10-9-16(15)20)28-14(5)21(25)23-19(22(26)27)12(3)7-2/h9-12,14,19H,6-8H2,1-5H3,(H,23,25)(H,26,27)/t12-,14-,19+/m1/s1. The van der Waals surface area contributed by atoms with Crippen LogP contribution in [0.2, 0.25) is 0 Å². The predicted octanol–water partition coefficient (Wildman–Crippen LogP) is 3.44. The SMILES string of the molecule is CCCc1cc(=O)oc2c(C)c(O[C@H](C)C(=O)N[C@H](C(=O)O)[C@H](C)CC)ccc12. The van der Waals surface area contributed by atoms with Crippen molar-refractivity contribution in [2.45, 2.75) is 66.0 Å². The van der Waals surface area contributed by atoms with E-state index in [4.69, 9.17) is 9.15 Å². The quantitative estimate of drug-likeness (QED) is 0.621. The Morgan fingerprint density at radius 3 is 2.52 bits per heavy atom. The zero-order valence-corrected chi connectivity index (χ0v) is 17.6. The summed E-state index contributed by atoms with van der Waals surface area (Å²) in [6, 6.07) is 4.08. The summed E-state index contributed by atoms with van der Waals surface area (Å²) in [6.45, 7) is 8.99. The number of carbonyl (C=O) groups excluding carboxylic acids is 1. The van der Waals surface area contributed by atoms with E-state index in [1.54, 1.807) is 26.8 Å². The molecule has 2 rings (SSSR count). The van der Waals surface area contributed by atoms with E-state index in [9.17, 15) is 19.5 Å². The Morgan fingerprint density at radius 2 is 1.93 bits per heavy atom. The zero-order chi connectivity index (χ0) is 21.7. The van der Waals surface area contributed by atoms with E-state index in [0.717, 1.165) is 23.8 Å². The van der Waals surface area contributed by atoms with E-state index in [2.05, 4.69) is 5.32 Å². The van der Waals surface area contributed by atoms with Crippen molar-refractivity contribution < 1.29 is 23.8 Å². The molecule has 0 fully saturated rings. The van der Waals surface area contributed by atoms with Gasteiger partial charge in [0, 0.05) is 17.0 Å². The lowest BCUT2D eigenvalue weighted by Crippen LogP contribution is -2.49. The molecular formula is C22H29NO6. The maximum atomic E-state index is 12.5. The number of rotatable bonds is 9. The third kappa shape index (κ3) is 5.16. The van der Waals surface area contributed by atoms with Gasteiger partial charge in [0.05, 0.1) is 0 Å². The zero-order valence-electron chi connectivity index (χ0n) is 17.6. The number of hydrogen-bond acceptors (Lipinski definition) is 5. The molecule has 1 amide bonds. The first-order valence-corrected chi connectivity index (χ1v) is 9.95. The lowest BCUT2D eigenvalue weighted by Gasteiger charge is -2.23. The molecule has 158 valence electrons.